The third-order valence-corrected chi connectivity index (χ3v) is 12.1. The molecule has 0 unspecified atom stereocenters. The van der Waals surface area contributed by atoms with Gasteiger partial charge in [-0.3, -0.25) is 0 Å². The van der Waals surface area contributed by atoms with Crippen molar-refractivity contribution in [1.29, 1.82) is 0 Å². The lowest BCUT2D eigenvalue weighted by atomic mass is 9.95. The van der Waals surface area contributed by atoms with Crippen molar-refractivity contribution in [2.75, 3.05) is 4.90 Å². The summed E-state index contributed by atoms with van der Waals surface area (Å²) in [4.78, 5) is 2.39. The van der Waals surface area contributed by atoms with Crippen LogP contribution < -0.4 is 4.90 Å². The third kappa shape index (κ3) is 5.98. The van der Waals surface area contributed by atoms with Gasteiger partial charge in [0.05, 0.1) is 5.69 Å². The van der Waals surface area contributed by atoms with Gasteiger partial charge in [0.25, 0.3) is 0 Å². The molecule has 0 atom stereocenters. The molecule has 3 nitrogen and oxygen atoms in total. The number of rotatable bonds is 7. The van der Waals surface area contributed by atoms with Crippen LogP contribution in [0.4, 0.5) is 17.1 Å². The Morgan fingerprint density at radius 2 is 0.836 bits per heavy atom. The Morgan fingerprint density at radius 1 is 0.279 bits per heavy atom. The quantitative estimate of drug-likeness (QED) is 0.161. The van der Waals surface area contributed by atoms with E-state index in [1.165, 1.54) is 11.1 Å². The van der Waals surface area contributed by atoms with Gasteiger partial charge >= 0.3 is 0 Å². The van der Waals surface area contributed by atoms with Crippen molar-refractivity contribution < 1.29 is 8.83 Å². The molecule has 286 valence electrons. The minimum atomic E-state index is 0.851. The average molecular weight is 780 g/mol. The molecule has 0 aliphatic rings. The van der Waals surface area contributed by atoms with Gasteiger partial charge in [-0.15, -0.1) is 0 Å². The standard InChI is InChI=1S/C58H37NO2/c1-3-13-38(14-4-1)40-25-30-45(31-26-40)59(46-32-27-42(28-33-46)48-22-12-23-50-49-21-9-10-24-55(49)60-57(48)50)54-36-53-51-34-29-41-17-7-8-20-47(41)58(51)61-56(53)37-52(54)44-19-11-18-43(35-44)39-15-5-2-6-16-39/h1-37H. The van der Waals surface area contributed by atoms with Crippen LogP contribution in [0.15, 0.2) is 233 Å². The molecule has 0 aliphatic carbocycles. The molecule has 61 heavy (non-hydrogen) atoms. The zero-order chi connectivity index (χ0) is 40.3. The fraction of sp³-hybridized carbons (Fsp3) is 0. The molecular weight excluding hydrogens is 743 g/mol. The first-order chi connectivity index (χ1) is 30.2. The topological polar surface area (TPSA) is 29.5 Å². The predicted octanol–water partition coefficient (Wildman–Crippen LogP) is 16.8. The molecule has 0 saturated carbocycles. The molecule has 3 heteroatoms. The summed E-state index contributed by atoms with van der Waals surface area (Å²) < 4.78 is 13.3. The van der Waals surface area contributed by atoms with E-state index in [4.69, 9.17) is 8.83 Å². The van der Waals surface area contributed by atoms with Crippen LogP contribution in [0.3, 0.4) is 0 Å². The number of furan rings is 2. The van der Waals surface area contributed by atoms with Gasteiger partial charge in [-0.1, -0.05) is 170 Å². The Kier molecular flexibility index (Phi) is 8.17. The molecule has 0 aliphatic heterocycles. The first-order valence-corrected chi connectivity index (χ1v) is 20.7. The minimum Gasteiger partial charge on any atom is -0.455 e. The van der Waals surface area contributed by atoms with E-state index in [0.29, 0.717) is 0 Å². The second kappa shape index (κ2) is 14.3. The summed E-state index contributed by atoms with van der Waals surface area (Å²) in [6.45, 7) is 0. The molecule has 2 aromatic heterocycles. The zero-order valence-corrected chi connectivity index (χ0v) is 33.1. The van der Waals surface area contributed by atoms with Crippen molar-refractivity contribution in [2.24, 2.45) is 0 Å². The van der Waals surface area contributed by atoms with E-state index in [9.17, 15) is 0 Å². The van der Waals surface area contributed by atoms with Gasteiger partial charge in [-0.25, -0.2) is 0 Å². The van der Waals surface area contributed by atoms with Crippen molar-refractivity contribution in [3.05, 3.63) is 224 Å². The van der Waals surface area contributed by atoms with Crippen LogP contribution in [0, 0.1) is 0 Å². The Bertz CT molecular complexity index is 3560. The van der Waals surface area contributed by atoms with Gasteiger partial charge in [0, 0.05) is 49.4 Å². The fourth-order valence-corrected chi connectivity index (χ4v) is 9.08. The lowest BCUT2D eigenvalue weighted by Gasteiger charge is -2.28. The number of para-hydroxylation sites is 2. The monoisotopic (exact) mass is 779 g/mol. The van der Waals surface area contributed by atoms with E-state index in [2.05, 4.69) is 217 Å². The second-order valence-corrected chi connectivity index (χ2v) is 15.7. The summed E-state index contributed by atoms with van der Waals surface area (Å²) >= 11 is 0. The van der Waals surface area contributed by atoms with Gasteiger partial charge < -0.3 is 13.7 Å². The van der Waals surface area contributed by atoms with Crippen LogP contribution >= 0.6 is 0 Å². The van der Waals surface area contributed by atoms with Crippen molar-refractivity contribution in [3.8, 4) is 44.5 Å². The molecule has 12 aromatic rings. The van der Waals surface area contributed by atoms with E-state index >= 15 is 0 Å². The zero-order valence-electron chi connectivity index (χ0n) is 33.1. The van der Waals surface area contributed by atoms with Crippen molar-refractivity contribution >= 4 is 71.7 Å². The highest BCUT2D eigenvalue weighted by atomic mass is 16.3. The molecule has 0 amide bonds. The third-order valence-electron chi connectivity index (χ3n) is 12.1. The summed E-state index contributed by atoms with van der Waals surface area (Å²) in [5.74, 6) is 0. The lowest BCUT2D eigenvalue weighted by Crippen LogP contribution is -2.11. The van der Waals surface area contributed by atoms with Gasteiger partial charge in [0.1, 0.15) is 22.3 Å². The molecule has 0 spiro atoms. The molecule has 0 saturated heterocycles. The van der Waals surface area contributed by atoms with Crippen LogP contribution in [-0.2, 0) is 0 Å². The molecular formula is C58H37NO2. The predicted molar refractivity (Wildman–Crippen MR) is 255 cm³/mol. The fourth-order valence-electron chi connectivity index (χ4n) is 9.08. The van der Waals surface area contributed by atoms with Gasteiger partial charge in [-0.05, 0) is 93.4 Å². The smallest absolute Gasteiger partial charge is 0.143 e. The van der Waals surface area contributed by atoms with Gasteiger partial charge in [0.15, 0.2) is 0 Å². The number of anilines is 3. The Labute approximate surface area is 353 Å². The van der Waals surface area contributed by atoms with E-state index < -0.39 is 0 Å². The molecule has 0 bridgehead atoms. The number of fused-ring (bicyclic) bond motifs is 8. The normalized spacial score (nSPS) is 11.6. The van der Waals surface area contributed by atoms with Gasteiger partial charge in [-0.2, -0.15) is 0 Å². The summed E-state index contributed by atoms with van der Waals surface area (Å²) in [5, 5.41) is 6.66. The van der Waals surface area contributed by atoms with Crippen molar-refractivity contribution in [2.45, 2.75) is 0 Å². The van der Waals surface area contributed by atoms with Crippen LogP contribution in [0.1, 0.15) is 0 Å². The lowest BCUT2D eigenvalue weighted by molar-refractivity contribution is 0.670. The first-order valence-electron chi connectivity index (χ1n) is 20.7. The molecule has 0 fully saturated rings. The second-order valence-electron chi connectivity index (χ2n) is 15.7. The maximum absolute atomic E-state index is 6.85. The van der Waals surface area contributed by atoms with Gasteiger partial charge in [0.2, 0.25) is 0 Å². The maximum Gasteiger partial charge on any atom is 0.143 e. The number of nitrogens with zero attached hydrogens (tertiary/aromatic N) is 1. The molecule has 2 heterocycles. The molecule has 0 N–H and O–H groups in total. The van der Waals surface area contributed by atoms with Crippen LogP contribution in [-0.4, -0.2) is 0 Å². The van der Waals surface area contributed by atoms with Crippen molar-refractivity contribution in [3.63, 3.8) is 0 Å². The number of benzene rings is 10. The van der Waals surface area contributed by atoms with E-state index in [1.54, 1.807) is 0 Å². The SMILES string of the molecule is c1ccc(-c2ccc(N(c3ccc(-c4cccc5c4oc4ccccc45)cc3)c3cc4c(cc3-c3cccc(-c5ccccc5)c3)oc3c5ccccc5ccc43)cc2)cc1. The molecule has 0 radical (unpaired) electrons. The van der Waals surface area contributed by atoms with Crippen LogP contribution in [0.2, 0.25) is 0 Å². The Morgan fingerprint density at radius 3 is 1.61 bits per heavy atom. The molecule has 10 aromatic carbocycles. The molecule has 12 rings (SSSR count). The number of hydrogen-bond acceptors (Lipinski definition) is 3. The number of hydrogen-bond donors (Lipinski definition) is 0. The van der Waals surface area contributed by atoms with Crippen molar-refractivity contribution in [1.82, 2.24) is 0 Å². The maximum atomic E-state index is 6.85. The largest absolute Gasteiger partial charge is 0.455 e. The van der Waals surface area contributed by atoms with E-state index in [1.807, 2.05) is 12.1 Å². The summed E-state index contributed by atoms with van der Waals surface area (Å²) in [5.41, 5.74) is 15.7. The highest BCUT2D eigenvalue weighted by molar-refractivity contribution is 6.17. The Hall–Kier alpha value is -8.14. The first kappa shape index (κ1) is 34.9. The van der Waals surface area contributed by atoms with Crippen LogP contribution in [0.5, 0.6) is 0 Å². The van der Waals surface area contributed by atoms with E-state index in [-0.39, 0.29) is 0 Å². The Balaban J connectivity index is 1.09. The summed E-state index contributed by atoms with van der Waals surface area (Å²) in [6, 6.07) is 79.9. The highest BCUT2D eigenvalue weighted by Crippen LogP contribution is 2.47. The minimum absolute atomic E-state index is 0.851. The average Bonchev–Trinajstić information content (AvgIpc) is 3.91. The summed E-state index contributed by atoms with van der Waals surface area (Å²) in [6.07, 6.45) is 0. The van der Waals surface area contributed by atoms with E-state index in [0.717, 1.165) is 105 Å². The highest BCUT2D eigenvalue weighted by Gasteiger charge is 2.22. The summed E-state index contributed by atoms with van der Waals surface area (Å²) in [7, 11) is 0. The van der Waals surface area contributed by atoms with Crippen LogP contribution in [0.25, 0.3) is 99.2 Å².